The summed E-state index contributed by atoms with van der Waals surface area (Å²) in [6.45, 7) is 0. The number of esters is 1. The van der Waals surface area contributed by atoms with Crippen LogP contribution in [0, 0.1) is 0 Å². The number of rotatable bonds is 0. The molecule has 2 nitrogen and oxygen atoms in total. The molecule has 1 heterocycles. The van der Waals surface area contributed by atoms with E-state index in [1.165, 1.54) is 0 Å². The highest BCUT2D eigenvalue weighted by Crippen LogP contribution is 2.81. The van der Waals surface area contributed by atoms with Crippen LogP contribution in [0.1, 0.15) is 28.2 Å². The molecule has 1 aromatic carbocycles. The van der Waals surface area contributed by atoms with Crippen LogP contribution in [0.15, 0.2) is 16.1 Å². The van der Waals surface area contributed by atoms with Gasteiger partial charge in [0.1, 0.15) is 21.4 Å². The number of fused-ring (bicyclic) bond motifs is 9. The van der Waals surface area contributed by atoms with E-state index < -0.39 is 20.0 Å². The van der Waals surface area contributed by atoms with Crippen molar-refractivity contribution in [3.63, 3.8) is 0 Å². The maximum absolute atomic E-state index is 11.9. The van der Waals surface area contributed by atoms with Crippen LogP contribution in [0.25, 0.3) is 0 Å². The van der Waals surface area contributed by atoms with Crippen LogP contribution >= 0.6 is 69.6 Å². The summed E-state index contributed by atoms with van der Waals surface area (Å²) in [6.07, 6.45) is 0. The van der Waals surface area contributed by atoms with E-state index in [2.05, 4.69) is 0 Å². The largest absolute Gasteiger partial charge is 0.425 e. The molecule has 3 unspecified atom stereocenters. The highest BCUT2D eigenvalue weighted by atomic mass is 35.5. The lowest BCUT2D eigenvalue weighted by molar-refractivity contribution is -0.134. The number of halogens is 6. The summed E-state index contributed by atoms with van der Waals surface area (Å²) in [4.78, 5) is 8.92. The van der Waals surface area contributed by atoms with Crippen LogP contribution in [-0.2, 0) is 14.5 Å². The molecule has 21 heavy (non-hydrogen) atoms. The minimum atomic E-state index is -1.68. The Morgan fingerprint density at radius 1 is 1.00 bits per heavy atom. The standard InChI is InChI=1S/C13H2Cl6O2/c14-8-9(15)12(17)7-4-2-1-3(21-10(20)5(2)4)6(7)11(8,16)13(12,18)19/h1,5H. The van der Waals surface area contributed by atoms with Gasteiger partial charge in [0.05, 0.1) is 10.1 Å². The molecule has 0 saturated carbocycles. The number of carbonyl (C=O) groups is 1. The van der Waals surface area contributed by atoms with Crippen molar-refractivity contribution < 1.29 is 9.53 Å². The predicted octanol–water partition coefficient (Wildman–Crippen LogP) is 4.81. The Labute approximate surface area is 148 Å². The molecule has 3 aliphatic carbocycles. The zero-order valence-electron chi connectivity index (χ0n) is 9.74. The first-order valence-corrected chi connectivity index (χ1v) is 8.21. The molecule has 4 bridgehead atoms. The molecule has 0 saturated heterocycles. The average Bonchev–Trinajstić information content (AvgIpc) is 3.12. The number of benzene rings is 1. The van der Waals surface area contributed by atoms with Gasteiger partial charge in [-0.05, 0) is 22.8 Å². The van der Waals surface area contributed by atoms with Gasteiger partial charge in [0, 0.05) is 5.56 Å². The maximum Gasteiger partial charge on any atom is 0.323 e. The Hall–Kier alpha value is 0.170. The lowest BCUT2D eigenvalue weighted by Crippen LogP contribution is -2.39. The van der Waals surface area contributed by atoms with E-state index in [9.17, 15) is 4.79 Å². The number of hydrogen-bond acceptors (Lipinski definition) is 2. The third-order valence-electron chi connectivity index (χ3n) is 4.68. The number of ether oxygens (including phenoxy) is 1. The van der Waals surface area contributed by atoms with Crippen molar-refractivity contribution in [1.82, 2.24) is 0 Å². The fourth-order valence-corrected chi connectivity index (χ4v) is 6.41. The van der Waals surface area contributed by atoms with Gasteiger partial charge in [-0.1, -0.05) is 46.4 Å². The Morgan fingerprint density at radius 2 is 1.57 bits per heavy atom. The van der Waals surface area contributed by atoms with Crippen LogP contribution < -0.4 is 4.74 Å². The fourth-order valence-electron chi connectivity index (χ4n) is 3.70. The zero-order valence-corrected chi connectivity index (χ0v) is 14.3. The normalized spacial score (nSPS) is 39.5. The molecule has 0 radical (unpaired) electrons. The number of carbonyl (C=O) groups excluding carboxylic acids is 1. The van der Waals surface area contributed by atoms with Gasteiger partial charge in [0.15, 0.2) is 4.33 Å². The summed E-state index contributed by atoms with van der Waals surface area (Å²) >= 11 is 39.0. The van der Waals surface area contributed by atoms with Crippen LogP contribution in [0.5, 0.6) is 5.75 Å². The molecule has 4 aliphatic rings. The lowest BCUT2D eigenvalue weighted by Gasteiger charge is -2.32. The van der Waals surface area contributed by atoms with Gasteiger partial charge in [-0.3, -0.25) is 4.79 Å². The number of alkyl halides is 4. The summed E-state index contributed by atoms with van der Waals surface area (Å²) in [7, 11) is 0. The van der Waals surface area contributed by atoms with E-state index in [1.54, 1.807) is 6.07 Å². The highest BCUT2D eigenvalue weighted by molar-refractivity contribution is 6.65. The summed E-state index contributed by atoms with van der Waals surface area (Å²) < 4.78 is 3.64. The van der Waals surface area contributed by atoms with Gasteiger partial charge in [0.2, 0.25) is 0 Å². The molecule has 0 spiro atoms. The zero-order chi connectivity index (χ0) is 15.1. The number of hydrogen-bond donors (Lipinski definition) is 0. The Morgan fingerprint density at radius 3 is 2.19 bits per heavy atom. The molecule has 8 heteroatoms. The molecule has 108 valence electrons. The first-order valence-electron chi connectivity index (χ1n) is 5.94. The van der Waals surface area contributed by atoms with Gasteiger partial charge in [-0.15, -0.1) is 23.2 Å². The second kappa shape index (κ2) is 3.33. The Kier molecular flexibility index (Phi) is 2.16. The molecule has 0 amide bonds. The first kappa shape index (κ1) is 13.6. The van der Waals surface area contributed by atoms with E-state index in [0.29, 0.717) is 16.9 Å². The second-order valence-electron chi connectivity index (χ2n) is 5.50. The molecule has 0 fully saturated rings. The molecule has 3 atom stereocenters. The molecule has 1 aromatic rings. The third-order valence-corrected chi connectivity index (χ3v) is 8.76. The summed E-state index contributed by atoms with van der Waals surface area (Å²) in [5, 5.41) is 0.160. The topological polar surface area (TPSA) is 26.3 Å². The van der Waals surface area contributed by atoms with E-state index in [-0.39, 0.29) is 16.0 Å². The Balaban J connectivity index is 1.99. The summed E-state index contributed by atoms with van der Waals surface area (Å²) in [6, 6.07) is 1.76. The van der Waals surface area contributed by atoms with E-state index in [4.69, 9.17) is 74.3 Å². The van der Waals surface area contributed by atoms with E-state index >= 15 is 0 Å². The number of allylic oxidation sites excluding steroid dienone is 2. The average molecular weight is 403 g/mol. The van der Waals surface area contributed by atoms with Crippen molar-refractivity contribution in [3.05, 3.63) is 38.4 Å². The van der Waals surface area contributed by atoms with Crippen LogP contribution in [0.4, 0.5) is 0 Å². The minimum absolute atomic E-state index is 0.0645. The van der Waals surface area contributed by atoms with Gasteiger partial charge >= 0.3 is 5.97 Å². The molecule has 1 aliphatic heterocycles. The van der Waals surface area contributed by atoms with Crippen molar-refractivity contribution in [2.75, 3.05) is 0 Å². The van der Waals surface area contributed by atoms with Crippen LogP contribution in [-0.4, -0.2) is 10.3 Å². The predicted molar refractivity (Wildman–Crippen MR) is 82.2 cm³/mol. The van der Waals surface area contributed by atoms with Crippen molar-refractivity contribution in [2.24, 2.45) is 0 Å². The van der Waals surface area contributed by atoms with Gasteiger partial charge in [-0.2, -0.15) is 0 Å². The van der Waals surface area contributed by atoms with Gasteiger partial charge in [0.25, 0.3) is 0 Å². The summed E-state index contributed by atoms with van der Waals surface area (Å²) in [5.41, 5.74) is 2.63. The molecule has 5 rings (SSSR count). The fraction of sp³-hybridized carbons (Fsp3) is 0.308. The third kappa shape index (κ3) is 1.04. The van der Waals surface area contributed by atoms with Crippen LogP contribution in [0.3, 0.4) is 0 Å². The maximum atomic E-state index is 11.9. The quantitative estimate of drug-likeness (QED) is 0.353. The Bertz CT molecular complexity index is 815. The first-order chi connectivity index (χ1) is 9.69. The van der Waals surface area contributed by atoms with E-state index in [1.807, 2.05) is 0 Å². The van der Waals surface area contributed by atoms with Crippen molar-refractivity contribution >= 4 is 75.6 Å². The highest BCUT2D eigenvalue weighted by Gasteiger charge is 2.80. The lowest BCUT2D eigenvalue weighted by atomic mass is 9.94. The van der Waals surface area contributed by atoms with Crippen LogP contribution in [0.2, 0.25) is 0 Å². The van der Waals surface area contributed by atoms with Crippen molar-refractivity contribution in [1.29, 1.82) is 0 Å². The van der Waals surface area contributed by atoms with Crippen molar-refractivity contribution in [2.45, 2.75) is 20.0 Å². The van der Waals surface area contributed by atoms with Gasteiger partial charge in [-0.25, -0.2) is 0 Å². The van der Waals surface area contributed by atoms with E-state index in [0.717, 1.165) is 11.1 Å². The smallest absolute Gasteiger partial charge is 0.323 e. The van der Waals surface area contributed by atoms with Crippen molar-refractivity contribution in [3.8, 4) is 5.75 Å². The molecular weight excluding hydrogens is 401 g/mol. The second-order valence-corrected chi connectivity index (χ2v) is 8.72. The monoisotopic (exact) mass is 400 g/mol. The van der Waals surface area contributed by atoms with Gasteiger partial charge < -0.3 is 4.74 Å². The summed E-state index contributed by atoms with van der Waals surface area (Å²) in [5.74, 6) is -0.481. The minimum Gasteiger partial charge on any atom is -0.425 e. The SMILES string of the molecule is O=C1Oc2cc3c(c4c2C2(Cl)C(Cl)=C(Cl)C4(Cl)C2(Cl)Cl)C13. The molecular formula is C13H2Cl6O2. The molecule has 0 aromatic heterocycles. The molecule has 0 N–H and O–H groups in total.